The van der Waals surface area contributed by atoms with Crippen molar-refractivity contribution in [3.05, 3.63) is 321 Å². The molecular weight excluding hydrogens is 901 g/mol. The molecule has 0 heterocycles. The van der Waals surface area contributed by atoms with Crippen molar-refractivity contribution in [2.45, 2.75) is 42.4 Å². The third-order valence-corrected chi connectivity index (χ3v) is 15.6. The summed E-state index contributed by atoms with van der Waals surface area (Å²) in [5.74, 6) is 1.05. The maximum Gasteiger partial charge on any atom is 0.115 e. The molecule has 10 aromatic rings. The van der Waals surface area contributed by atoms with E-state index >= 15 is 0 Å². The summed E-state index contributed by atoms with van der Waals surface area (Å²) in [6.45, 7) is 6.50. The van der Waals surface area contributed by atoms with Gasteiger partial charge in [-0.05, 0) is 166 Å². The molecule has 73 heavy (non-hydrogen) atoms. The summed E-state index contributed by atoms with van der Waals surface area (Å²) >= 11 is 0. The van der Waals surface area contributed by atoms with Gasteiger partial charge in [0.1, 0.15) is 34.5 Å². The van der Waals surface area contributed by atoms with Crippen molar-refractivity contribution in [2.75, 3.05) is 0 Å². The predicted molar refractivity (Wildman–Crippen MR) is 290 cm³/mol. The molecule has 10 aromatic carbocycles. The molecule has 0 radical (unpaired) electrons. The minimum absolute atomic E-state index is 0.176. The van der Waals surface area contributed by atoms with Gasteiger partial charge in [0.2, 0.25) is 0 Å². The first-order valence-electron chi connectivity index (χ1n) is 24.4. The number of hydrogen-bond donors (Lipinski definition) is 6. The van der Waals surface area contributed by atoms with Gasteiger partial charge in [0.05, 0.1) is 5.41 Å². The molecule has 0 amide bonds. The van der Waals surface area contributed by atoms with E-state index in [1.807, 2.05) is 78.9 Å². The van der Waals surface area contributed by atoms with Gasteiger partial charge in [-0.3, -0.25) is 0 Å². The lowest BCUT2D eigenvalue weighted by molar-refractivity contribution is 0.473. The summed E-state index contributed by atoms with van der Waals surface area (Å²) in [6.07, 6.45) is 0. The highest BCUT2D eigenvalue weighted by Gasteiger charge is 2.41. The fourth-order valence-corrected chi connectivity index (χ4v) is 11.1. The van der Waals surface area contributed by atoms with Crippen LogP contribution in [0.5, 0.6) is 34.5 Å². The molecule has 360 valence electrons. The van der Waals surface area contributed by atoms with E-state index in [1.54, 1.807) is 72.8 Å². The predicted octanol–water partition coefficient (Wildman–Crippen LogP) is 14.4. The fraction of sp³-hybridized carbons (Fsp3) is 0.104. The van der Waals surface area contributed by atoms with E-state index in [2.05, 4.69) is 118 Å². The number of phenolic OH excluding ortho intramolecular Hbond substituents is 6. The minimum atomic E-state index is -0.898. The topological polar surface area (TPSA) is 121 Å². The average Bonchev–Trinajstić information content (AvgIpc) is 3.42. The van der Waals surface area contributed by atoms with Gasteiger partial charge in [0.25, 0.3) is 0 Å². The molecule has 0 unspecified atom stereocenters. The third kappa shape index (κ3) is 8.41. The van der Waals surface area contributed by atoms with Crippen LogP contribution in [0.15, 0.2) is 249 Å². The maximum atomic E-state index is 10.4. The van der Waals surface area contributed by atoms with Crippen molar-refractivity contribution in [1.82, 2.24) is 0 Å². The molecule has 6 heteroatoms. The standard InChI is InChI=1S/C67H56O6/c1-64(48-21-33-58(68)34-22-48,49-23-35-59(69)36-24-49)45-9-15-55(16-10-45)67(54-7-5-4-6-8-54,56-17-11-46(12-18-56)65(2,50-25-37-60(70)38-26-50)51-27-39-61(71)40-28-51)57-19-13-47(14-20-57)66(3,52-29-41-62(72)42-30-52)53-31-43-63(73)44-32-53/h4-44,68-73H,1-3H3. The van der Waals surface area contributed by atoms with Gasteiger partial charge in [0, 0.05) is 16.2 Å². The van der Waals surface area contributed by atoms with E-state index in [-0.39, 0.29) is 34.5 Å². The molecule has 10 rings (SSSR count). The van der Waals surface area contributed by atoms with Crippen LogP contribution in [-0.2, 0) is 21.7 Å². The lowest BCUT2D eigenvalue weighted by atomic mass is 9.63. The van der Waals surface area contributed by atoms with Crippen molar-refractivity contribution in [3.8, 4) is 34.5 Å². The highest BCUT2D eigenvalue weighted by Crippen LogP contribution is 2.50. The number of benzene rings is 10. The molecular formula is C67H56O6. The molecule has 0 saturated carbocycles. The minimum Gasteiger partial charge on any atom is -0.508 e. The Morgan fingerprint density at radius 1 is 0.178 bits per heavy atom. The molecule has 0 spiro atoms. The Morgan fingerprint density at radius 3 is 0.493 bits per heavy atom. The van der Waals surface area contributed by atoms with Crippen LogP contribution in [0.1, 0.15) is 93.1 Å². The summed E-state index contributed by atoms with van der Waals surface area (Å²) in [6, 6.07) is 80.8. The second-order valence-electron chi connectivity index (χ2n) is 19.5. The summed E-state index contributed by atoms with van der Waals surface area (Å²) in [4.78, 5) is 0. The first-order valence-corrected chi connectivity index (χ1v) is 24.4. The lowest BCUT2D eigenvalue weighted by Gasteiger charge is -2.39. The molecule has 0 fully saturated rings. The van der Waals surface area contributed by atoms with Gasteiger partial charge >= 0.3 is 0 Å². The Labute approximate surface area is 426 Å². The zero-order valence-corrected chi connectivity index (χ0v) is 40.9. The molecule has 6 N–H and O–H groups in total. The second-order valence-corrected chi connectivity index (χ2v) is 19.5. The molecule has 0 aliphatic carbocycles. The molecule has 0 aromatic heterocycles. The quantitative estimate of drug-likeness (QED) is 0.0640. The van der Waals surface area contributed by atoms with E-state index < -0.39 is 21.7 Å². The first kappa shape index (κ1) is 47.7. The Balaban J connectivity index is 1.20. The van der Waals surface area contributed by atoms with Gasteiger partial charge in [-0.1, -0.05) is 176 Å². The van der Waals surface area contributed by atoms with Crippen molar-refractivity contribution in [2.24, 2.45) is 0 Å². The van der Waals surface area contributed by atoms with Crippen molar-refractivity contribution in [1.29, 1.82) is 0 Å². The van der Waals surface area contributed by atoms with Crippen LogP contribution in [0, 0.1) is 0 Å². The van der Waals surface area contributed by atoms with E-state index in [0.717, 1.165) is 72.3 Å². The molecule has 0 atom stereocenters. The number of phenols is 6. The lowest BCUT2D eigenvalue weighted by Crippen LogP contribution is -2.32. The number of hydrogen-bond acceptors (Lipinski definition) is 6. The summed E-state index contributed by atoms with van der Waals surface area (Å²) in [5, 5.41) is 62.3. The van der Waals surface area contributed by atoms with E-state index in [0.29, 0.717) is 0 Å². The van der Waals surface area contributed by atoms with Gasteiger partial charge in [0.15, 0.2) is 0 Å². The van der Waals surface area contributed by atoms with E-state index in [4.69, 9.17) is 0 Å². The Hall–Kier alpha value is -9.00. The van der Waals surface area contributed by atoms with Crippen molar-refractivity contribution >= 4 is 0 Å². The van der Waals surface area contributed by atoms with Crippen LogP contribution in [0.25, 0.3) is 0 Å². The summed E-state index contributed by atoms with van der Waals surface area (Å²) < 4.78 is 0. The molecule has 0 bridgehead atoms. The number of aromatic hydroxyl groups is 6. The van der Waals surface area contributed by atoms with E-state index in [9.17, 15) is 30.6 Å². The molecule has 0 saturated heterocycles. The van der Waals surface area contributed by atoms with Gasteiger partial charge < -0.3 is 30.6 Å². The Kier molecular flexibility index (Phi) is 12.4. The highest BCUT2D eigenvalue weighted by atomic mass is 16.3. The van der Waals surface area contributed by atoms with Gasteiger partial charge in [-0.2, -0.15) is 0 Å². The average molecular weight is 957 g/mol. The van der Waals surface area contributed by atoms with Crippen LogP contribution in [0.2, 0.25) is 0 Å². The summed E-state index contributed by atoms with van der Waals surface area (Å²) in [7, 11) is 0. The molecule has 6 nitrogen and oxygen atoms in total. The maximum absolute atomic E-state index is 10.4. The van der Waals surface area contributed by atoms with Crippen LogP contribution >= 0.6 is 0 Å². The molecule has 0 aliphatic rings. The second kappa shape index (κ2) is 19.0. The number of rotatable bonds is 13. The van der Waals surface area contributed by atoms with Crippen molar-refractivity contribution in [3.63, 3.8) is 0 Å². The van der Waals surface area contributed by atoms with Crippen LogP contribution in [0.3, 0.4) is 0 Å². The summed E-state index contributed by atoms with van der Waals surface area (Å²) in [5.41, 5.74) is 10.0. The van der Waals surface area contributed by atoms with Crippen LogP contribution in [-0.4, -0.2) is 30.6 Å². The first-order chi connectivity index (χ1) is 35.2. The monoisotopic (exact) mass is 956 g/mol. The SMILES string of the molecule is CC(c1ccc(O)cc1)(c1ccc(O)cc1)c1ccc(C(c2ccccc2)(c2ccc(C(C)(c3ccc(O)cc3)c3ccc(O)cc3)cc2)c2ccc(C(C)(c3ccc(O)cc3)c3ccc(O)cc3)cc2)cc1. The van der Waals surface area contributed by atoms with Crippen LogP contribution < -0.4 is 0 Å². The van der Waals surface area contributed by atoms with Gasteiger partial charge in [-0.15, -0.1) is 0 Å². The fourth-order valence-electron chi connectivity index (χ4n) is 11.1. The smallest absolute Gasteiger partial charge is 0.115 e. The Morgan fingerprint density at radius 2 is 0.315 bits per heavy atom. The van der Waals surface area contributed by atoms with Crippen LogP contribution in [0.4, 0.5) is 0 Å². The van der Waals surface area contributed by atoms with Gasteiger partial charge in [-0.25, -0.2) is 0 Å². The zero-order valence-electron chi connectivity index (χ0n) is 40.9. The third-order valence-electron chi connectivity index (χ3n) is 15.6. The van der Waals surface area contributed by atoms with E-state index in [1.165, 1.54) is 0 Å². The largest absolute Gasteiger partial charge is 0.508 e. The van der Waals surface area contributed by atoms with Crippen molar-refractivity contribution < 1.29 is 30.6 Å². The zero-order chi connectivity index (χ0) is 51.0. The molecule has 0 aliphatic heterocycles. The Bertz CT molecular complexity index is 2980. The highest BCUT2D eigenvalue weighted by molar-refractivity contribution is 5.64. The normalized spacial score (nSPS) is 12.1.